The number of rotatable bonds is 2. The van der Waals surface area contributed by atoms with Crippen LogP contribution < -0.4 is 5.73 Å². The number of aryl methyl sites for hydroxylation is 1. The fourth-order valence-corrected chi connectivity index (χ4v) is 1.45. The van der Waals surface area contributed by atoms with Gasteiger partial charge in [-0.15, -0.1) is 0 Å². The number of pyridine rings is 1. The lowest BCUT2D eigenvalue weighted by Crippen LogP contribution is -2.11. The van der Waals surface area contributed by atoms with Crippen LogP contribution in [0.3, 0.4) is 0 Å². The minimum atomic E-state index is 0.309. The number of hydrogen-bond donors (Lipinski definition) is 1. The zero-order valence-electron chi connectivity index (χ0n) is 8.21. The summed E-state index contributed by atoms with van der Waals surface area (Å²) in [7, 11) is 0. The van der Waals surface area contributed by atoms with Gasteiger partial charge in [-0.25, -0.2) is 4.98 Å². The monoisotopic (exact) mass is 218 g/mol. The van der Waals surface area contributed by atoms with E-state index in [1.165, 1.54) is 0 Å². The molecule has 0 atom stereocenters. The van der Waals surface area contributed by atoms with Crippen molar-refractivity contribution in [2.45, 2.75) is 6.92 Å². The Kier molecular flexibility index (Phi) is 2.47. The number of imidazole rings is 1. The molecule has 0 amide bonds. The van der Waals surface area contributed by atoms with E-state index in [9.17, 15) is 0 Å². The van der Waals surface area contributed by atoms with E-state index in [-0.39, 0.29) is 0 Å². The molecule has 2 rings (SSSR count). The van der Waals surface area contributed by atoms with E-state index in [4.69, 9.17) is 18.0 Å². The fraction of sp³-hybridized carbons (Fsp3) is 0.100. The lowest BCUT2D eigenvalue weighted by atomic mass is 10.3. The summed E-state index contributed by atoms with van der Waals surface area (Å²) in [5, 5.41) is 0. The molecule has 2 aromatic heterocycles. The van der Waals surface area contributed by atoms with E-state index < -0.39 is 0 Å². The second kappa shape index (κ2) is 3.78. The highest BCUT2D eigenvalue weighted by atomic mass is 32.1. The van der Waals surface area contributed by atoms with Crippen LogP contribution in [0, 0.1) is 6.92 Å². The van der Waals surface area contributed by atoms with Gasteiger partial charge >= 0.3 is 0 Å². The fourth-order valence-electron chi connectivity index (χ4n) is 1.33. The van der Waals surface area contributed by atoms with Gasteiger partial charge in [-0.3, -0.25) is 4.98 Å². The van der Waals surface area contributed by atoms with Crippen LogP contribution in [0.15, 0.2) is 30.7 Å². The molecule has 0 saturated carbocycles. The van der Waals surface area contributed by atoms with Gasteiger partial charge in [-0.1, -0.05) is 12.2 Å². The minimum Gasteiger partial charge on any atom is -0.388 e. The summed E-state index contributed by atoms with van der Waals surface area (Å²) in [5.41, 5.74) is 7.04. The Morgan fingerprint density at radius 1 is 1.40 bits per heavy atom. The van der Waals surface area contributed by atoms with Crippen molar-refractivity contribution in [3.05, 3.63) is 42.2 Å². The molecule has 2 heterocycles. The predicted molar refractivity (Wildman–Crippen MR) is 62.0 cm³/mol. The molecule has 0 fully saturated rings. The molecule has 76 valence electrons. The van der Waals surface area contributed by atoms with Crippen molar-refractivity contribution in [1.82, 2.24) is 14.5 Å². The Morgan fingerprint density at radius 3 is 2.67 bits per heavy atom. The molecule has 0 aliphatic rings. The largest absolute Gasteiger partial charge is 0.388 e. The molecule has 2 N–H and O–H groups in total. The van der Waals surface area contributed by atoms with Gasteiger partial charge in [0, 0.05) is 12.4 Å². The standard InChI is InChI=1S/C10H10N4S/c1-7-12-4-5-14(7)8-2-3-9(10(11)15)13-6-8/h2-6H,1H3,(H2,11,15). The first-order valence-corrected chi connectivity index (χ1v) is 4.85. The summed E-state index contributed by atoms with van der Waals surface area (Å²) in [4.78, 5) is 8.60. The quantitative estimate of drug-likeness (QED) is 0.770. The maximum atomic E-state index is 5.46. The van der Waals surface area contributed by atoms with Gasteiger partial charge in [0.15, 0.2) is 0 Å². The summed E-state index contributed by atoms with van der Waals surface area (Å²) in [6, 6.07) is 3.72. The molecule has 0 radical (unpaired) electrons. The Morgan fingerprint density at radius 2 is 2.20 bits per heavy atom. The highest BCUT2D eigenvalue weighted by Crippen LogP contribution is 2.09. The average Bonchev–Trinajstić information content (AvgIpc) is 2.65. The van der Waals surface area contributed by atoms with Crippen LogP contribution in [0.1, 0.15) is 11.5 Å². The van der Waals surface area contributed by atoms with Gasteiger partial charge in [0.25, 0.3) is 0 Å². The van der Waals surface area contributed by atoms with Crippen LogP contribution in [-0.4, -0.2) is 19.5 Å². The molecule has 5 heteroatoms. The highest BCUT2D eigenvalue weighted by molar-refractivity contribution is 7.80. The molecule has 15 heavy (non-hydrogen) atoms. The van der Waals surface area contributed by atoms with E-state index >= 15 is 0 Å². The molecule has 0 aromatic carbocycles. The van der Waals surface area contributed by atoms with E-state index in [1.807, 2.05) is 23.8 Å². The summed E-state index contributed by atoms with van der Waals surface area (Å²) >= 11 is 4.83. The topological polar surface area (TPSA) is 56.7 Å². The van der Waals surface area contributed by atoms with Crippen molar-refractivity contribution in [2.75, 3.05) is 0 Å². The van der Waals surface area contributed by atoms with Crippen molar-refractivity contribution in [2.24, 2.45) is 5.73 Å². The van der Waals surface area contributed by atoms with E-state index in [2.05, 4.69) is 9.97 Å². The van der Waals surface area contributed by atoms with Gasteiger partial charge in [0.05, 0.1) is 17.6 Å². The second-order valence-electron chi connectivity index (χ2n) is 3.11. The molecule has 0 aliphatic heterocycles. The lowest BCUT2D eigenvalue weighted by molar-refractivity contribution is 0.964. The van der Waals surface area contributed by atoms with Crippen LogP contribution in [-0.2, 0) is 0 Å². The van der Waals surface area contributed by atoms with Gasteiger partial charge in [0.1, 0.15) is 10.8 Å². The summed E-state index contributed by atoms with van der Waals surface area (Å²) in [6.45, 7) is 1.93. The van der Waals surface area contributed by atoms with Crippen molar-refractivity contribution in [3.63, 3.8) is 0 Å². The number of thiocarbonyl (C=S) groups is 1. The number of aromatic nitrogens is 3. The normalized spacial score (nSPS) is 10.2. The first-order chi connectivity index (χ1) is 7.18. The Hall–Kier alpha value is -1.75. The highest BCUT2D eigenvalue weighted by Gasteiger charge is 2.02. The van der Waals surface area contributed by atoms with E-state index in [0.717, 1.165) is 11.5 Å². The molecule has 0 aliphatic carbocycles. The van der Waals surface area contributed by atoms with E-state index in [1.54, 1.807) is 18.5 Å². The zero-order chi connectivity index (χ0) is 10.8. The van der Waals surface area contributed by atoms with Crippen molar-refractivity contribution >= 4 is 17.2 Å². The predicted octanol–water partition coefficient (Wildman–Crippen LogP) is 1.21. The summed E-state index contributed by atoms with van der Waals surface area (Å²) < 4.78 is 1.94. The smallest absolute Gasteiger partial charge is 0.122 e. The van der Waals surface area contributed by atoms with Crippen LogP contribution in [0.5, 0.6) is 0 Å². The molecular weight excluding hydrogens is 208 g/mol. The SMILES string of the molecule is Cc1nccn1-c1ccc(C(N)=S)nc1. The Labute approximate surface area is 92.8 Å². The Balaban J connectivity index is 2.40. The molecule has 0 unspecified atom stereocenters. The summed E-state index contributed by atoms with van der Waals surface area (Å²) in [5.74, 6) is 0.917. The third-order valence-electron chi connectivity index (χ3n) is 2.10. The van der Waals surface area contributed by atoms with Crippen molar-refractivity contribution < 1.29 is 0 Å². The van der Waals surface area contributed by atoms with E-state index in [0.29, 0.717) is 10.7 Å². The van der Waals surface area contributed by atoms with Gasteiger partial charge < -0.3 is 10.3 Å². The molecule has 0 spiro atoms. The van der Waals surface area contributed by atoms with Crippen LogP contribution in [0.25, 0.3) is 5.69 Å². The van der Waals surface area contributed by atoms with Gasteiger partial charge in [-0.05, 0) is 19.1 Å². The number of nitrogens with zero attached hydrogens (tertiary/aromatic N) is 3. The zero-order valence-corrected chi connectivity index (χ0v) is 9.03. The van der Waals surface area contributed by atoms with Crippen LogP contribution >= 0.6 is 12.2 Å². The molecule has 2 aromatic rings. The lowest BCUT2D eigenvalue weighted by Gasteiger charge is -2.04. The Bertz CT molecular complexity index is 486. The first-order valence-electron chi connectivity index (χ1n) is 4.44. The number of nitrogens with two attached hydrogens (primary N) is 1. The molecule has 4 nitrogen and oxygen atoms in total. The maximum absolute atomic E-state index is 5.46. The van der Waals surface area contributed by atoms with Gasteiger partial charge in [-0.2, -0.15) is 0 Å². The first kappa shape index (κ1) is 9.79. The van der Waals surface area contributed by atoms with Crippen molar-refractivity contribution in [3.8, 4) is 5.69 Å². The van der Waals surface area contributed by atoms with Crippen LogP contribution in [0.2, 0.25) is 0 Å². The molecular formula is C10H10N4S. The molecule has 0 saturated heterocycles. The van der Waals surface area contributed by atoms with Gasteiger partial charge in [0.2, 0.25) is 0 Å². The van der Waals surface area contributed by atoms with Crippen LogP contribution in [0.4, 0.5) is 0 Å². The summed E-state index contributed by atoms with van der Waals surface area (Å²) in [6.07, 6.45) is 5.35. The third-order valence-corrected chi connectivity index (χ3v) is 2.31. The third kappa shape index (κ3) is 1.87. The minimum absolute atomic E-state index is 0.309. The second-order valence-corrected chi connectivity index (χ2v) is 3.55. The maximum Gasteiger partial charge on any atom is 0.122 e. The number of hydrogen-bond acceptors (Lipinski definition) is 3. The average molecular weight is 218 g/mol. The van der Waals surface area contributed by atoms with Crippen molar-refractivity contribution in [1.29, 1.82) is 0 Å². The molecule has 0 bridgehead atoms.